The summed E-state index contributed by atoms with van der Waals surface area (Å²) in [7, 11) is 0. The fourth-order valence-corrected chi connectivity index (χ4v) is 2.82. The van der Waals surface area contributed by atoms with Gasteiger partial charge in [0, 0.05) is 19.1 Å². The van der Waals surface area contributed by atoms with Crippen LogP contribution in [0.3, 0.4) is 0 Å². The molecule has 1 aliphatic heterocycles. The van der Waals surface area contributed by atoms with Crippen LogP contribution in [0.25, 0.3) is 0 Å². The molecule has 0 aromatic carbocycles. The van der Waals surface area contributed by atoms with Crippen molar-refractivity contribution >= 4 is 6.09 Å². The lowest BCUT2D eigenvalue weighted by Gasteiger charge is -2.34. The summed E-state index contributed by atoms with van der Waals surface area (Å²) in [5.74, 6) is 0.687. The monoisotopic (exact) mass is 312 g/mol. The molecule has 1 rings (SSSR count). The first-order valence-electron chi connectivity index (χ1n) is 9.03. The smallest absolute Gasteiger partial charge is 0.410 e. The van der Waals surface area contributed by atoms with Gasteiger partial charge in [-0.25, -0.2) is 4.79 Å². The zero-order chi connectivity index (χ0) is 16.6. The van der Waals surface area contributed by atoms with Crippen LogP contribution in [0.4, 0.5) is 4.79 Å². The van der Waals surface area contributed by atoms with Crippen molar-refractivity contribution in [3.63, 3.8) is 0 Å². The van der Waals surface area contributed by atoms with Gasteiger partial charge in [-0.05, 0) is 59.4 Å². The first-order chi connectivity index (χ1) is 10.3. The Hall–Kier alpha value is -0.770. The number of carbonyl (C=O) groups is 1. The van der Waals surface area contributed by atoms with Gasteiger partial charge in [0.1, 0.15) is 5.60 Å². The topological polar surface area (TPSA) is 41.6 Å². The van der Waals surface area contributed by atoms with Gasteiger partial charge in [0.25, 0.3) is 0 Å². The largest absolute Gasteiger partial charge is 0.444 e. The van der Waals surface area contributed by atoms with Crippen molar-refractivity contribution in [2.24, 2.45) is 5.92 Å². The fraction of sp³-hybridized carbons (Fsp3) is 0.944. The first-order valence-corrected chi connectivity index (χ1v) is 9.03. The molecule has 1 atom stereocenters. The minimum Gasteiger partial charge on any atom is -0.444 e. The molecule has 0 spiro atoms. The lowest BCUT2D eigenvalue weighted by Crippen LogP contribution is -2.44. The van der Waals surface area contributed by atoms with Crippen LogP contribution in [-0.2, 0) is 4.74 Å². The number of rotatable bonds is 7. The zero-order valence-corrected chi connectivity index (χ0v) is 15.3. The van der Waals surface area contributed by atoms with Gasteiger partial charge in [-0.2, -0.15) is 0 Å². The number of likely N-dealkylation sites (tertiary alicyclic amines) is 1. The molecule has 0 saturated carbocycles. The molecule has 1 amide bonds. The summed E-state index contributed by atoms with van der Waals surface area (Å²) in [5.41, 5.74) is -0.399. The van der Waals surface area contributed by atoms with Crippen LogP contribution in [0, 0.1) is 5.92 Å². The zero-order valence-electron chi connectivity index (χ0n) is 15.3. The van der Waals surface area contributed by atoms with E-state index in [1.165, 1.54) is 25.7 Å². The third kappa shape index (κ3) is 8.02. The van der Waals surface area contributed by atoms with E-state index in [-0.39, 0.29) is 6.09 Å². The molecular formula is C18H36N2O2. The summed E-state index contributed by atoms with van der Waals surface area (Å²) in [6.07, 6.45) is 7.21. The quantitative estimate of drug-likeness (QED) is 0.717. The number of amides is 1. The number of piperidine rings is 1. The summed E-state index contributed by atoms with van der Waals surface area (Å²) >= 11 is 0. The van der Waals surface area contributed by atoms with Crippen molar-refractivity contribution < 1.29 is 9.53 Å². The number of carbonyl (C=O) groups excluding carboxylic acids is 1. The number of hydrogen-bond acceptors (Lipinski definition) is 3. The second-order valence-corrected chi connectivity index (χ2v) is 7.72. The van der Waals surface area contributed by atoms with E-state index in [4.69, 9.17) is 4.74 Å². The van der Waals surface area contributed by atoms with E-state index >= 15 is 0 Å². The van der Waals surface area contributed by atoms with E-state index in [9.17, 15) is 4.79 Å². The van der Waals surface area contributed by atoms with Gasteiger partial charge >= 0.3 is 6.09 Å². The summed E-state index contributed by atoms with van der Waals surface area (Å²) in [6, 6.07) is 0.607. The Morgan fingerprint density at radius 2 is 1.91 bits per heavy atom. The Balaban J connectivity index is 2.18. The Labute approximate surface area is 137 Å². The average molecular weight is 312 g/mol. The van der Waals surface area contributed by atoms with E-state index in [0.717, 1.165) is 32.5 Å². The highest BCUT2D eigenvalue weighted by Crippen LogP contribution is 2.19. The molecule has 0 bridgehead atoms. The SMILES string of the molecule is CCCCCC(C)NCC1CCN(C(=O)OC(C)(C)C)CC1. The van der Waals surface area contributed by atoms with E-state index in [1.54, 1.807) is 0 Å². The fourth-order valence-electron chi connectivity index (χ4n) is 2.82. The number of hydrogen-bond donors (Lipinski definition) is 1. The predicted octanol–water partition coefficient (Wildman–Crippen LogP) is 4.19. The molecule has 0 aromatic heterocycles. The third-order valence-electron chi connectivity index (χ3n) is 4.26. The lowest BCUT2D eigenvalue weighted by molar-refractivity contribution is 0.0183. The van der Waals surface area contributed by atoms with Crippen LogP contribution < -0.4 is 5.32 Å². The first kappa shape index (κ1) is 19.3. The predicted molar refractivity (Wildman–Crippen MR) is 92.1 cm³/mol. The third-order valence-corrected chi connectivity index (χ3v) is 4.26. The average Bonchev–Trinajstić information content (AvgIpc) is 2.44. The van der Waals surface area contributed by atoms with Gasteiger partial charge in [-0.3, -0.25) is 0 Å². The Morgan fingerprint density at radius 3 is 2.45 bits per heavy atom. The van der Waals surface area contributed by atoms with Gasteiger partial charge in [0.2, 0.25) is 0 Å². The van der Waals surface area contributed by atoms with Crippen molar-refractivity contribution in [3.8, 4) is 0 Å². The van der Waals surface area contributed by atoms with Crippen molar-refractivity contribution in [2.75, 3.05) is 19.6 Å². The molecule has 0 aliphatic carbocycles. The summed E-state index contributed by atoms with van der Waals surface area (Å²) in [6.45, 7) is 13.0. The molecule has 22 heavy (non-hydrogen) atoms. The number of ether oxygens (including phenoxy) is 1. The van der Waals surface area contributed by atoms with Gasteiger partial charge in [-0.15, -0.1) is 0 Å². The van der Waals surface area contributed by atoms with Crippen LogP contribution in [0.2, 0.25) is 0 Å². The van der Waals surface area contributed by atoms with Gasteiger partial charge in [0.05, 0.1) is 0 Å². The normalized spacial score (nSPS) is 18.3. The summed E-state index contributed by atoms with van der Waals surface area (Å²) in [5, 5.41) is 3.66. The molecule has 130 valence electrons. The summed E-state index contributed by atoms with van der Waals surface area (Å²) in [4.78, 5) is 13.9. The number of nitrogens with one attached hydrogen (secondary N) is 1. The van der Waals surface area contributed by atoms with E-state index in [2.05, 4.69) is 19.2 Å². The highest BCUT2D eigenvalue weighted by Gasteiger charge is 2.26. The molecule has 1 fully saturated rings. The molecule has 1 unspecified atom stereocenters. The molecule has 4 heteroatoms. The molecule has 1 heterocycles. The second-order valence-electron chi connectivity index (χ2n) is 7.72. The van der Waals surface area contributed by atoms with Crippen LogP contribution in [0.5, 0.6) is 0 Å². The molecule has 1 saturated heterocycles. The molecule has 1 aliphatic rings. The van der Waals surface area contributed by atoms with Crippen molar-refractivity contribution in [3.05, 3.63) is 0 Å². The Morgan fingerprint density at radius 1 is 1.27 bits per heavy atom. The highest BCUT2D eigenvalue weighted by molar-refractivity contribution is 5.68. The van der Waals surface area contributed by atoms with E-state index < -0.39 is 5.60 Å². The Bertz CT molecular complexity index is 318. The molecule has 0 radical (unpaired) electrons. The molecular weight excluding hydrogens is 276 g/mol. The standard InChI is InChI=1S/C18H36N2O2/c1-6-7-8-9-15(2)19-14-16-10-12-20(13-11-16)17(21)22-18(3,4)5/h15-16,19H,6-14H2,1-5H3. The van der Waals surface area contributed by atoms with Crippen molar-refractivity contribution in [2.45, 2.75) is 84.8 Å². The van der Waals surface area contributed by atoms with E-state index in [0.29, 0.717) is 12.0 Å². The summed E-state index contributed by atoms with van der Waals surface area (Å²) < 4.78 is 5.44. The second kappa shape index (κ2) is 9.39. The van der Waals surface area contributed by atoms with Gasteiger partial charge < -0.3 is 15.0 Å². The number of nitrogens with zero attached hydrogens (tertiary/aromatic N) is 1. The van der Waals surface area contributed by atoms with Crippen molar-refractivity contribution in [1.82, 2.24) is 10.2 Å². The maximum Gasteiger partial charge on any atom is 0.410 e. The molecule has 4 nitrogen and oxygen atoms in total. The van der Waals surface area contributed by atoms with E-state index in [1.807, 2.05) is 25.7 Å². The minimum absolute atomic E-state index is 0.160. The van der Waals surface area contributed by atoms with Crippen molar-refractivity contribution in [1.29, 1.82) is 0 Å². The van der Waals surface area contributed by atoms with Crippen LogP contribution >= 0.6 is 0 Å². The maximum atomic E-state index is 12.0. The van der Waals surface area contributed by atoms with Gasteiger partial charge in [-0.1, -0.05) is 26.2 Å². The highest BCUT2D eigenvalue weighted by atomic mass is 16.6. The molecule has 0 aromatic rings. The maximum absolute atomic E-state index is 12.0. The minimum atomic E-state index is -0.399. The van der Waals surface area contributed by atoms with Crippen LogP contribution in [-0.4, -0.2) is 42.3 Å². The number of unbranched alkanes of at least 4 members (excludes halogenated alkanes) is 2. The van der Waals surface area contributed by atoms with Crippen LogP contribution in [0.15, 0.2) is 0 Å². The Kier molecular flexibility index (Phi) is 8.23. The van der Waals surface area contributed by atoms with Gasteiger partial charge in [0.15, 0.2) is 0 Å². The lowest BCUT2D eigenvalue weighted by atomic mass is 9.96. The molecule has 1 N–H and O–H groups in total. The van der Waals surface area contributed by atoms with Crippen LogP contribution in [0.1, 0.15) is 73.1 Å².